The molecule has 0 bridgehead atoms. The van der Waals surface area contributed by atoms with E-state index in [1.807, 2.05) is 0 Å². The largest absolute Gasteiger partial charge is 0.395 e. The van der Waals surface area contributed by atoms with Gasteiger partial charge in [-0.15, -0.1) is 0 Å². The fraction of sp³-hybridized carbons (Fsp3) is 0.400. The van der Waals surface area contributed by atoms with E-state index in [2.05, 4.69) is 15.9 Å². The number of hydrogen-bond donors (Lipinski definition) is 1. The van der Waals surface area contributed by atoms with Gasteiger partial charge in [0.05, 0.1) is 16.5 Å². The highest BCUT2D eigenvalue weighted by Gasteiger charge is 2.25. The van der Waals surface area contributed by atoms with Gasteiger partial charge in [-0.05, 0) is 41.1 Å². The summed E-state index contributed by atoms with van der Waals surface area (Å²) in [6, 6.07) is 3.91. The molecule has 96 valence electrons. The van der Waals surface area contributed by atoms with Gasteiger partial charge in [-0.3, -0.25) is 0 Å². The van der Waals surface area contributed by atoms with Crippen LogP contribution in [0.25, 0.3) is 0 Å². The van der Waals surface area contributed by atoms with Crippen molar-refractivity contribution in [2.24, 2.45) is 0 Å². The Morgan fingerprint density at radius 1 is 1.53 bits per heavy atom. The Morgan fingerprint density at radius 2 is 2.12 bits per heavy atom. The molecule has 0 aliphatic rings. The van der Waals surface area contributed by atoms with Crippen LogP contribution in [0.4, 0.5) is 0 Å². The van der Waals surface area contributed by atoms with Crippen LogP contribution in [0.5, 0.6) is 0 Å². The average molecular weight is 343 g/mol. The summed E-state index contributed by atoms with van der Waals surface area (Å²) in [5, 5.41) is 9.42. The predicted octanol–water partition coefficient (Wildman–Crippen LogP) is 2.10. The van der Waals surface area contributed by atoms with E-state index in [9.17, 15) is 8.42 Å². The van der Waals surface area contributed by atoms with E-state index in [1.165, 1.54) is 25.2 Å². The van der Waals surface area contributed by atoms with Crippen molar-refractivity contribution in [1.29, 1.82) is 0 Å². The standard InChI is InChI=1S/C10H13BrClNO3S/c1-7(6-14)13(2)17(15,16)8-3-4-10(12)9(11)5-8/h3-5,7,14H,6H2,1-2H3. The molecule has 0 amide bonds. The molecule has 4 nitrogen and oxygen atoms in total. The van der Waals surface area contributed by atoms with Gasteiger partial charge in [0, 0.05) is 17.6 Å². The molecule has 7 heteroatoms. The van der Waals surface area contributed by atoms with Crippen LogP contribution >= 0.6 is 27.5 Å². The van der Waals surface area contributed by atoms with Crippen LogP contribution in [0, 0.1) is 0 Å². The second kappa shape index (κ2) is 5.67. The zero-order valence-corrected chi connectivity index (χ0v) is 12.6. The minimum Gasteiger partial charge on any atom is -0.395 e. The molecule has 17 heavy (non-hydrogen) atoms. The summed E-state index contributed by atoms with van der Waals surface area (Å²) < 4.78 is 25.9. The van der Waals surface area contributed by atoms with E-state index in [4.69, 9.17) is 16.7 Å². The third-order valence-corrected chi connectivity index (χ3v) is 5.63. The fourth-order valence-electron chi connectivity index (χ4n) is 1.16. The Morgan fingerprint density at radius 3 is 2.59 bits per heavy atom. The molecule has 1 N–H and O–H groups in total. The van der Waals surface area contributed by atoms with Gasteiger partial charge < -0.3 is 5.11 Å². The van der Waals surface area contributed by atoms with Gasteiger partial charge in [0.2, 0.25) is 10.0 Å². The summed E-state index contributed by atoms with van der Waals surface area (Å²) in [6.45, 7) is 1.40. The number of benzene rings is 1. The molecule has 1 atom stereocenters. The number of aliphatic hydroxyl groups excluding tert-OH is 1. The number of nitrogens with zero attached hydrogens (tertiary/aromatic N) is 1. The maximum atomic E-state index is 12.1. The van der Waals surface area contributed by atoms with Crippen LogP contribution in [0.2, 0.25) is 5.02 Å². The molecule has 0 aliphatic carbocycles. The summed E-state index contributed by atoms with van der Waals surface area (Å²) >= 11 is 8.98. The SMILES string of the molecule is CC(CO)N(C)S(=O)(=O)c1ccc(Cl)c(Br)c1. The van der Waals surface area contributed by atoms with Crippen molar-refractivity contribution in [2.75, 3.05) is 13.7 Å². The average Bonchev–Trinajstić information content (AvgIpc) is 2.30. The van der Waals surface area contributed by atoms with Gasteiger partial charge in [0.15, 0.2) is 0 Å². The summed E-state index contributed by atoms with van der Waals surface area (Å²) in [5.74, 6) is 0. The van der Waals surface area contributed by atoms with Crippen LogP contribution < -0.4 is 0 Å². The second-order valence-corrected chi connectivity index (χ2v) is 6.89. The van der Waals surface area contributed by atoms with Gasteiger partial charge >= 0.3 is 0 Å². The molecule has 0 saturated carbocycles. The van der Waals surface area contributed by atoms with Gasteiger partial charge in [-0.1, -0.05) is 11.6 Å². The van der Waals surface area contributed by atoms with Crippen molar-refractivity contribution in [2.45, 2.75) is 17.9 Å². The fourth-order valence-corrected chi connectivity index (χ4v) is 3.18. The zero-order chi connectivity index (χ0) is 13.2. The Bertz CT molecular complexity index is 506. The Balaban J connectivity index is 3.17. The molecule has 0 radical (unpaired) electrons. The first-order valence-corrected chi connectivity index (χ1v) is 7.45. The second-order valence-electron chi connectivity index (χ2n) is 3.63. The lowest BCUT2D eigenvalue weighted by atomic mass is 10.4. The smallest absolute Gasteiger partial charge is 0.243 e. The predicted molar refractivity (Wildman–Crippen MR) is 70.6 cm³/mol. The molecular weight excluding hydrogens is 330 g/mol. The molecule has 0 spiro atoms. The number of hydrogen-bond acceptors (Lipinski definition) is 3. The number of rotatable bonds is 4. The van der Waals surface area contributed by atoms with Crippen molar-refractivity contribution in [3.63, 3.8) is 0 Å². The van der Waals surface area contributed by atoms with Crippen molar-refractivity contribution in [1.82, 2.24) is 4.31 Å². The summed E-state index contributed by atoms with van der Waals surface area (Å²) in [5.41, 5.74) is 0. The minimum atomic E-state index is -3.60. The van der Waals surface area contributed by atoms with Crippen molar-refractivity contribution in [3.05, 3.63) is 27.7 Å². The highest BCUT2D eigenvalue weighted by atomic mass is 79.9. The maximum absolute atomic E-state index is 12.1. The highest BCUT2D eigenvalue weighted by molar-refractivity contribution is 9.10. The normalized spacial score (nSPS) is 14.0. The van der Waals surface area contributed by atoms with E-state index in [-0.39, 0.29) is 11.5 Å². The van der Waals surface area contributed by atoms with Gasteiger partial charge in [0.25, 0.3) is 0 Å². The van der Waals surface area contributed by atoms with E-state index in [1.54, 1.807) is 6.92 Å². The first-order chi connectivity index (χ1) is 7.80. The molecule has 0 aliphatic heterocycles. The van der Waals surface area contributed by atoms with Crippen LogP contribution in [0.3, 0.4) is 0 Å². The minimum absolute atomic E-state index is 0.136. The number of aliphatic hydroxyl groups is 1. The first kappa shape index (κ1) is 14.9. The third-order valence-electron chi connectivity index (χ3n) is 2.45. The summed E-state index contributed by atoms with van der Waals surface area (Å²) in [6.07, 6.45) is 0. The Hall–Kier alpha value is -0.140. The van der Waals surface area contributed by atoms with Gasteiger partial charge in [0.1, 0.15) is 0 Å². The topological polar surface area (TPSA) is 57.6 Å². The Labute approximate surface area is 114 Å². The van der Waals surface area contributed by atoms with Gasteiger partial charge in [-0.2, -0.15) is 4.31 Å². The monoisotopic (exact) mass is 341 g/mol. The summed E-state index contributed by atoms with van der Waals surface area (Å²) in [7, 11) is -2.18. The molecular formula is C10H13BrClNO3S. The Kier molecular flexibility index (Phi) is 4.97. The molecule has 0 fully saturated rings. The van der Waals surface area contributed by atoms with Crippen LogP contribution in [0.15, 0.2) is 27.6 Å². The van der Waals surface area contributed by atoms with Crippen LogP contribution in [-0.4, -0.2) is 37.5 Å². The third kappa shape index (κ3) is 3.20. The first-order valence-electron chi connectivity index (χ1n) is 4.84. The van der Waals surface area contributed by atoms with E-state index in [0.717, 1.165) is 4.31 Å². The molecule has 0 heterocycles. The van der Waals surface area contributed by atoms with Gasteiger partial charge in [-0.25, -0.2) is 8.42 Å². The lowest BCUT2D eigenvalue weighted by Crippen LogP contribution is -2.37. The van der Waals surface area contributed by atoms with E-state index in [0.29, 0.717) is 9.50 Å². The van der Waals surface area contributed by atoms with Crippen molar-refractivity contribution < 1.29 is 13.5 Å². The van der Waals surface area contributed by atoms with E-state index >= 15 is 0 Å². The number of halogens is 2. The molecule has 1 unspecified atom stereocenters. The molecule has 1 aromatic carbocycles. The lowest BCUT2D eigenvalue weighted by molar-refractivity contribution is 0.214. The lowest BCUT2D eigenvalue weighted by Gasteiger charge is -2.22. The molecule has 1 aromatic rings. The molecule has 0 aromatic heterocycles. The number of likely N-dealkylation sites (N-methyl/N-ethyl adjacent to an activating group) is 1. The number of sulfonamides is 1. The van der Waals surface area contributed by atoms with Crippen molar-refractivity contribution >= 4 is 37.6 Å². The molecule has 0 saturated heterocycles. The highest BCUT2D eigenvalue weighted by Crippen LogP contribution is 2.27. The molecule has 1 rings (SSSR count). The van der Waals surface area contributed by atoms with E-state index < -0.39 is 16.1 Å². The van der Waals surface area contributed by atoms with Crippen LogP contribution in [-0.2, 0) is 10.0 Å². The zero-order valence-electron chi connectivity index (χ0n) is 9.39. The van der Waals surface area contributed by atoms with Crippen molar-refractivity contribution in [3.8, 4) is 0 Å². The quantitative estimate of drug-likeness (QED) is 0.911. The summed E-state index contributed by atoms with van der Waals surface area (Å²) in [4.78, 5) is 0.136. The maximum Gasteiger partial charge on any atom is 0.243 e. The van der Waals surface area contributed by atoms with Crippen LogP contribution in [0.1, 0.15) is 6.92 Å².